The van der Waals surface area contributed by atoms with Gasteiger partial charge in [-0.3, -0.25) is 0 Å². The monoisotopic (exact) mass is 194 g/mol. The molecule has 1 rings (SSSR count). The highest BCUT2D eigenvalue weighted by molar-refractivity contribution is 4.87. The lowest BCUT2D eigenvalue weighted by Gasteiger charge is -2.46. The van der Waals surface area contributed by atoms with Gasteiger partial charge in [-0.15, -0.1) is 0 Å². The van der Waals surface area contributed by atoms with E-state index in [2.05, 4.69) is 31.7 Å². The molecule has 0 radical (unpaired) electrons. The maximum absolute atomic E-state index is 8.39. The lowest BCUT2D eigenvalue weighted by Crippen LogP contribution is -2.52. The van der Waals surface area contributed by atoms with E-state index in [0.29, 0.717) is 5.41 Å². The second-order valence-electron chi connectivity index (χ2n) is 5.44. The zero-order valence-corrected chi connectivity index (χ0v) is 9.71. The van der Waals surface area contributed by atoms with Gasteiger partial charge in [-0.05, 0) is 30.7 Å². The zero-order valence-electron chi connectivity index (χ0n) is 9.71. The Morgan fingerprint density at radius 1 is 1.29 bits per heavy atom. The van der Waals surface area contributed by atoms with Crippen LogP contribution < -0.4 is 0 Å². The normalized spacial score (nSPS) is 19.0. The van der Waals surface area contributed by atoms with Crippen LogP contribution in [0.5, 0.6) is 0 Å². The summed E-state index contributed by atoms with van der Waals surface area (Å²) >= 11 is 0. The second-order valence-corrected chi connectivity index (χ2v) is 5.44. The third-order valence-electron chi connectivity index (χ3n) is 3.19. The van der Waals surface area contributed by atoms with E-state index >= 15 is 0 Å². The summed E-state index contributed by atoms with van der Waals surface area (Å²) < 4.78 is 0. The van der Waals surface area contributed by atoms with Crippen LogP contribution in [0.25, 0.3) is 0 Å². The summed E-state index contributed by atoms with van der Waals surface area (Å²) in [5.41, 5.74) is 0.475. The molecule has 0 aromatic heterocycles. The van der Waals surface area contributed by atoms with Crippen molar-refractivity contribution >= 4 is 0 Å². The Morgan fingerprint density at radius 2 is 1.93 bits per heavy atom. The van der Waals surface area contributed by atoms with Crippen LogP contribution in [0.3, 0.4) is 0 Å². The van der Waals surface area contributed by atoms with Crippen molar-refractivity contribution in [2.24, 2.45) is 11.3 Å². The summed E-state index contributed by atoms with van der Waals surface area (Å²) in [6.45, 7) is 10.7. The summed E-state index contributed by atoms with van der Waals surface area (Å²) in [5.74, 6) is 0.874. The van der Waals surface area contributed by atoms with E-state index in [4.69, 9.17) is 5.26 Å². The fourth-order valence-electron chi connectivity index (χ4n) is 1.84. The van der Waals surface area contributed by atoms with Gasteiger partial charge in [0.15, 0.2) is 0 Å². The third-order valence-corrected chi connectivity index (χ3v) is 3.19. The van der Waals surface area contributed by atoms with Crippen LogP contribution in [0.1, 0.15) is 40.0 Å². The van der Waals surface area contributed by atoms with Crippen molar-refractivity contribution in [3.05, 3.63) is 0 Å². The average Bonchev–Trinajstić information content (AvgIpc) is 1.98. The van der Waals surface area contributed by atoms with E-state index in [1.165, 1.54) is 26.1 Å². The van der Waals surface area contributed by atoms with Crippen LogP contribution in [-0.2, 0) is 0 Å². The molecule has 1 aliphatic rings. The number of likely N-dealkylation sites (tertiary alicyclic amines) is 1. The van der Waals surface area contributed by atoms with E-state index in [-0.39, 0.29) is 0 Å². The van der Waals surface area contributed by atoms with Gasteiger partial charge in [-0.1, -0.05) is 20.8 Å². The van der Waals surface area contributed by atoms with Gasteiger partial charge in [-0.25, -0.2) is 0 Å². The van der Waals surface area contributed by atoms with Crippen molar-refractivity contribution in [2.75, 3.05) is 19.6 Å². The first-order chi connectivity index (χ1) is 6.54. The Kier molecular flexibility index (Phi) is 3.95. The SMILES string of the molecule is CC(C)(C)C1CN(CCCCC#N)C1. The molecule has 0 saturated carbocycles. The standard InChI is InChI=1S/C12H22N2/c1-12(2,3)11-9-14(10-11)8-6-4-5-7-13/h11H,4-6,8-10H2,1-3H3. The molecule has 1 fully saturated rings. The number of nitrogens with zero attached hydrogens (tertiary/aromatic N) is 2. The number of nitriles is 1. The molecule has 0 amide bonds. The predicted octanol–water partition coefficient (Wildman–Crippen LogP) is 2.66. The molecule has 0 N–H and O–H groups in total. The maximum atomic E-state index is 8.39. The fraction of sp³-hybridized carbons (Fsp3) is 0.917. The molecule has 2 heteroatoms. The summed E-state index contributed by atoms with van der Waals surface area (Å²) in [6.07, 6.45) is 2.97. The molecule has 2 nitrogen and oxygen atoms in total. The Labute approximate surface area is 87.9 Å². The Hall–Kier alpha value is -0.550. The molecular weight excluding hydrogens is 172 g/mol. The summed E-state index contributed by atoms with van der Waals surface area (Å²) in [7, 11) is 0. The molecule has 1 aliphatic heterocycles. The van der Waals surface area contributed by atoms with E-state index in [9.17, 15) is 0 Å². The second kappa shape index (κ2) is 4.79. The predicted molar refractivity (Wildman–Crippen MR) is 58.8 cm³/mol. The van der Waals surface area contributed by atoms with E-state index in [1.54, 1.807) is 0 Å². The van der Waals surface area contributed by atoms with Gasteiger partial charge in [0.25, 0.3) is 0 Å². The van der Waals surface area contributed by atoms with Gasteiger partial charge < -0.3 is 4.90 Å². The van der Waals surface area contributed by atoms with E-state index in [0.717, 1.165) is 18.8 Å². The molecule has 0 bridgehead atoms. The van der Waals surface area contributed by atoms with Crippen molar-refractivity contribution in [2.45, 2.75) is 40.0 Å². The van der Waals surface area contributed by atoms with E-state index in [1.807, 2.05) is 0 Å². The smallest absolute Gasteiger partial charge is 0.0621 e. The first-order valence-corrected chi connectivity index (χ1v) is 5.63. The Morgan fingerprint density at radius 3 is 2.43 bits per heavy atom. The molecule has 0 aromatic carbocycles. The Bertz CT molecular complexity index is 203. The van der Waals surface area contributed by atoms with Crippen LogP contribution in [0.4, 0.5) is 0 Å². The van der Waals surface area contributed by atoms with Gasteiger partial charge >= 0.3 is 0 Å². The first kappa shape index (κ1) is 11.5. The summed E-state index contributed by atoms with van der Waals surface area (Å²) in [4.78, 5) is 2.51. The van der Waals surface area contributed by atoms with E-state index < -0.39 is 0 Å². The lowest BCUT2D eigenvalue weighted by atomic mass is 9.76. The molecule has 1 heterocycles. The van der Waals surface area contributed by atoms with Crippen molar-refractivity contribution < 1.29 is 0 Å². The van der Waals surface area contributed by atoms with Gasteiger partial charge in [-0.2, -0.15) is 5.26 Å². The molecule has 1 saturated heterocycles. The molecule has 0 aromatic rings. The van der Waals surface area contributed by atoms with Crippen molar-refractivity contribution in [1.29, 1.82) is 5.26 Å². The first-order valence-electron chi connectivity index (χ1n) is 5.63. The number of unbranched alkanes of at least 4 members (excludes halogenated alkanes) is 2. The van der Waals surface area contributed by atoms with Gasteiger partial charge in [0.2, 0.25) is 0 Å². The molecule has 0 unspecified atom stereocenters. The van der Waals surface area contributed by atoms with Crippen molar-refractivity contribution in [3.63, 3.8) is 0 Å². The highest BCUT2D eigenvalue weighted by Crippen LogP contribution is 2.33. The minimum Gasteiger partial charge on any atom is -0.303 e. The minimum absolute atomic E-state index is 0.475. The van der Waals surface area contributed by atoms with Gasteiger partial charge in [0.05, 0.1) is 6.07 Å². The van der Waals surface area contributed by atoms with Crippen LogP contribution in [0.15, 0.2) is 0 Å². The lowest BCUT2D eigenvalue weighted by molar-refractivity contribution is 0.0240. The number of rotatable bonds is 4. The van der Waals surface area contributed by atoms with Crippen LogP contribution >= 0.6 is 0 Å². The fourth-order valence-corrected chi connectivity index (χ4v) is 1.84. The molecule has 0 spiro atoms. The average molecular weight is 194 g/mol. The van der Waals surface area contributed by atoms with Crippen molar-refractivity contribution in [3.8, 4) is 6.07 Å². The summed E-state index contributed by atoms with van der Waals surface area (Å²) in [5, 5.41) is 8.39. The molecule has 0 aliphatic carbocycles. The molecule has 80 valence electrons. The zero-order chi connectivity index (χ0) is 10.6. The van der Waals surface area contributed by atoms with Crippen molar-refractivity contribution in [1.82, 2.24) is 4.90 Å². The largest absolute Gasteiger partial charge is 0.303 e. The number of hydrogen-bond donors (Lipinski definition) is 0. The highest BCUT2D eigenvalue weighted by Gasteiger charge is 2.34. The quantitative estimate of drug-likeness (QED) is 0.643. The maximum Gasteiger partial charge on any atom is 0.0621 e. The van der Waals surface area contributed by atoms with Gasteiger partial charge in [0.1, 0.15) is 0 Å². The molecule has 0 atom stereocenters. The topological polar surface area (TPSA) is 27.0 Å². The highest BCUT2D eigenvalue weighted by atomic mass is 15.2. The third kappa shape index (κ3) is 3.31. The van der Waals surface area contributed by atoms with Crippen LogP contribution in [0.2, 0.25) is 0 Å². The number of hydrogen-bond acceptors (Lipinski definition) is 2. The summed E-state index contributed by atoms with van der Waals surface area (Å²) in [6, 6.07) is 2.19. The van der Waals surface area contributed by atoms with Crippen LogP contribution in [-0.4, -0.2) is 24.5 Å². The Balaban J connectivity index is 2.03. The molecular formula is C12H22N2. The molecule has 14 heavy (non-hydrogen) atoms. The van der Waals surface area contributed by atoms with Crippen LogP contribution in [0, 0.1) is 22.7 Å². The minimum atomic E-state index is 0.475. The van der Waals surface area contributed by atoms with Gasteiger partial charge in [0, 0.05) is 19.5 Å².